The zero-order valence-corrected chi connectivity index (χ0v) is 14.5. The normalized spacial score (nSPS) is 10.8. The largest absolute Gasteiger partial charge is 0.493 e. The van der Waals surface area contributed by atoms with Gasteiger partial charge in [-0.3, -0.25) is 10.1 Å². The summed E-state index contributed by atoms with van der Waals surface area (Å²) < 4.78 is 11.0. The van der Waals surface area contributed by atoms with Crippen LogP contribution in [0.25, 0.3) is 5.57 Å². The van der Waals surface area contributed by atoms with Gasteiger partial charge in [0.15, 0.2) is 11.5 Å². The van der Waals surface area contributed by atoms with Crippen molar-refractivity contribution in [3.63, 3.8) is 0 Å². The van der Waals surface area contributed by atoms with E-state index < -0.39 is 4.92 Å². The number of tetrazole rings is 1. The predicted molar refractivity (Wildman–Crippen MR) is 97.6 cm³/mol. The Balaban J connectivity index is 1.92. The Bertz CT molecular complexity index is 1060. The van der Waals surface area contributed by atoms with Crippen LogP contribution >= 0.6 is 0 Å². The van der Waals surface area contributed by atoms with Crippen molar-refractivity contribution < 1.29 is 14.4 Å². The van der Waals surface area contributed by atoms with E-state index in [1.165, 1.54) is 25.4 Å². The number of nitro benzene ring substituents is 1. The standard InChI is InChI=1S/C17H13N7O4/c1-27-15-4-2-3-5-16(15)28-14-7-12(6-13(8-14)24(25)26)19-10-11(9-18)17-20-22-23-21-17/h2-8,10,19H,1H3,(H,20,21,22,23). The third kappa shape index (κ3) is 4.20. The molecule has 0 aliphatic heterocycles. The molecule has 11 nitrogen and oxygen atoms in total. The first-order valence-electron chi connectivity index (χ1n) is 7.81. The molecule has 11 heteroatoms. The van der Waals surface area contributed by atoms with Gasteiger partial charge in [0.05, 0.1) is 18.1 Å². The molecular weight excluding hydrogens is 366 g/mol. The lowest BCUT2D eigenvalue weighted by molar-refractivity contribution is -0.384. The second-order valence-electron chi connectivity index (χ2n) is 5.28. The molecule has 28 heavy (non-hydrogen) atoms. The summed E-state index contributed by atoms with van der Waals surface area (Å²) in [6, 6.07) is 13.0. The van der Waals surface area contributed by atoms with E-state index in [4.69, 9.17) is 9.47 Å². The van der Waals surface area contributed by atoms with Crippen LogP contribution in [0.4, 0.5) is 11.4 Å². The summed E-state index contributed by atoms with van der Waals surface area (Å²) in [6.45, 7) is 0. The highest BCUT2D eigenvalue weighted by Crippen LogP contribution is 2.34. The van der Waals surface area contributed by atoms with Crippen LogP contribution in [0.1, 0.15) is 5.82 Å². The average molecular weight is 379 g/mol. The zero-order valence-electron chi connectivity index (χ0n) is 14.5. The molecule has 0 amide bonds. The molecule has 3 aromatic rings. The minimum Gasteiger partial charge on any atom is -0.493 e. The molecule has 0 atom stereocenters. The summed E-state index contributed by atoms with van der Waals surface area (Å²) in [5.74, 6) is 1.18. The number of aromatic nitrogens is 4. The van der Waals surface area contributed by atoms with Crippen molar-refractivity contribution in [3.05, 3.63) is 64.6 Å². The van der Waals surface area contributed by atoms with Crippen LogP contribution in [0.3, 0.4) is 0 Å². The van der Waals surface area contributed by atoms with Gasteiger partial charge in [-0.25, -0.2) is 0 Å². The molecule has 3 rings (SSSR count). The Kier molecular flexibility index (Phi) is 5.42. The summed E-state index contributed by atoms with van der Waals surface area (Å²) in [5, 5.41) is 36.3. The van der Waals surface area contributed by atoms with Crippen molar-refractivity contribution in [1.82, 2.24) is 20.6 Å². The highest BCUT2D eigenvalue weighted by atomic mass is 16.6. The molecule has 2 aromatic carbocycles. The van der Waals surface area contributed by atoms with Gasteiger partial charge in [-0.1, -0.05) is 12.1 Å². The summed E-state index contributed by atoms with van der Waals surface area (Å²) in [6.07, 6.45) is 1.32. The number of ether oxygens (including phenoxy) is 2. The highest BCUT2D eigenvalue weighted by molar-refractivity contribution is 5.74. The topological polar surface area (TPSA) is 152 Å². The van der Waals surface area contributed by atoms with E-state index in [1.807, 2.05) is 6.07 Å². The Hall–Kier alpha value is -4.46. The number of H-pyrrole nitrogens is 1. The molecule has 0 saturated carbocycles. The SMILES string of the molecule is COc1ccccc1Oc1cc(NC=C(C#N)c2nn[nH]n2)cc([N+](=O)[O-])c1. The van der Waals surface area contributed by atoms with Crippen molar-refractivity contribution in [2.45, 2.75) is 0 Å². The van der Waals surface area contributed by atoms with Gasteiger partial charge in [-0.05, 0) is 17.3 Å². The number of nitrogens with zero attached hydrogens (tertiary/aromatic N) is 5. The number of hydrogen-bond acceptors (Lipinski definition) is 9. The van der Waals surface area contributed by atoms with E-state index in [9.17, 15) is 15.4 Å². The molecule has 0 fully saturated rings. The van der Waals surface area contributed by atoms with Crippen LogP contribution in [-0.4, -0.2) is 32.7 Å². The van der Waals surface area contributed by atoms with E-state index in [0.29, 0.717) is 17.2 Å². The van der Waals surface area contributed by atoms with Gasteiger partial charge in [0.1, 0.15) is 17.4 Å². The number of hydrogen-bond donors (Lipinski definition) is 2. The fraction of sp³-hybridized carbons (Fsp3) is 0.0588. The Morgan fingerprint density at radius 2 is 2.11 bits per heavy atom. The molecule has 0 aliphatic carbocycles. The van der Waals surface area contributed by atoms with E-state index in [1.54, 1.807) is 30.3 Å². The second kappa shape index (κ2) is 8.28. The van der Waals surface area contributed by atoms with E-state index in [2.05, 4.69) is 25.9 Å². The number of aromatic amines is 1. The first-order valence-corrected chi connectivity index (χ1v) is 7.81. The molecule has 140 valence electrons. The summed E-state index contributed by atoms with van der Waals surface area (Å²) in [7, 11) is 1.49. The van der Waals surface area contributed by atoms with Gasteiger partial charge in [0.2, 0.25) is 5.82 Å². The van der Waals surface area contributed by atoms with Crippen molar-refractivity contribution in [2.24, 2.45) is 0 Å². The molecule has 1 heterocycles. The Labute approximate surface area is 158 Å². The average Bonchev–Trinajstić information content (AvgIpc) is 3.23. The molecule has 0 spiro atoms. The van der Waals surface area contributed by atoms with Crippen molar-refractivity contribution >= 4 is 16.9 Å². The zero-order chi connectivity index (χ0) is 19.9. The van der Waals surface area contributed by atoms with Gasteiger partial charge >= 0.3 is 0 Å². The second-order valence-corrected chi connectivity index (χ2v) is 5.28. The first-order chi connectivity index (χ1) is 13.6. The number of nitrogens with one attached hydrogen (secondary N) is 2. The Morgan fingerprint density at radius 3 is 2.75 bits per heavy atom. The number of para-hydroxylation sites is 2. The van der Waals surface area contributed by atoms with E-state index in [-0.39, 0.29) is 22.8 Å². The van der Waals surface area contributed by atoms with Gasteiger partial charge < -0.3 is 14.8 Å². The number of rotatable bonds is 7. The fourth-order valence-corrected chi connectivity index (χ4v) is 2.24. The monoisotopic (exact) mass is 379 g/mol. The van der Waals surface area contributed by atoms with Gasteiger partial charge in [0.25, 0.3) is 5.69 Å². The molecule has 0 saturated heterocycles. The Morgan fingerprint density at radius 1 is 1.32 bits per heavy atom. The maximum absolute atomic E-state index is 11.3. The highest BCUT2D eigenvalue weighted by Gasteiger charge is 2.13. The number of allylic oxidation sites excluding steroid dienone is 1. The van der Waals surface area contributed by atoms with Gasteiger partial charge in [-0.2, -0.15) is 10.5 Å². The molecule has 0 unspecified atom stereocenters. The lowest BCUT2D eigenvalue weighted by Gasteiger charge is -2.11. The lowest BCUT2D eigenvalue weighted by atomic mass is 10.2. The molecule has 0 aliphatic rings. The molecule has 1 aromatic heterocycles. The van der Waals surface area contributed by atoms with Gasteiger partial charge in [-0.15, -0.1) is 10.2 Å². The maximum atomic E-state index is 11.3. The van der Waals surface area contributed by atoms with Crippen LogP contribution in [0.2, 0.25) is 0 Å². The third-order valence-corrected chi connectivity index (χ3v) is 3.49. The summed E-state index contributed by atoms with van der Waals surface area (Å²) in [5.41, 5.74) is 0.226. The number of nitriles is 1. The maximum Gasteiger partial charge on any atom is 0.275 e. The number of anilines is 1. The van der Waals surface area contributed by atoms with Crippen LogP contribution in [0, 0.1) is 21.4 Å². The number of benzene rings is 2. The van der Waals surface area contributed by atoms with Crippen LogP contribution in [-0.2, 0) is 0 Å². The number of non-ortho nitro benzene ring substituents is 1. The number of nitro groups is 1. The quantitative estimate of drug-likeness (QED) is 0.358. The number of methoxy groups -OCH3 is 1. The minimum absolute atomic E-state index is 0.0888. The predicted octanol–water partition coefficient (Wildman–Crippen LogP) is 2.89. The molecule has 0 bridgehead atoms. The van der Waals surface area contributed by atoms with Crippen molar-refractivity contribution in [2.75, 3.05) is 12.4 Å². The van der Waals surface area contributed by atoms with Crippen molar-refractivity contribution in [1.29, 1.82) is 5.26 Å². The van der Waals surface area contributed by atoms with E-state index in [0.717, 1.165) is 0 Å². The summed E-state index contributed by atoms with van der Waals surface area (Å²) >= 11 is 0. The smallest absolute Gasteiger partial charge is 0.275 e. The third-order valence-electron chi connectivity index (χ3n) is 3.49. The van der Waals surface area contributed by atoms with Gasteiger partial charge in [0, 0.05) is 24.0 Å². The van der Waals surface area contributed by atoms with Crippen molar-refractivity contribution in [3.8, 4) is 23.3 Å². The summed E-state index contributed by atoms with van der Waals surface area (Å²) in [4.78, 5) is 10.7. The molecule has 0 radical (unpaired) electrons. The molecule has 2 N–H and O–H groups in total. The lowest BCUT2D eigenvalue weighted by Crippen LogP contribution is -1.97. The van der Waals surface area contributed by atoms with E-state index >= 15 is 0 Å². The van der Waals surface area contributed by atoms with Crippen LogP contribution in [0.15, 0.2) is 48.7 Å². The fourth-order valence-electron chi connectivity index (χ4n) is 2.24. The van der Waals surface area contributed by atoms with Crippen LogP contribution < -0.4 is 14.8 Å². The van der Waals surface area contributed by atoms with Crippen LogP contribution in [0.5, 0.6) is 17.2 Å². The minimum atomic E-state index is -0.547. The molecular formula is C17H13N7O4. The first kappa shape index (κ1) is 18.3.